The number of nitrogens with one attached hydrogen (secondary N) is 1. The molecule has 0 aliphatic rings. The summed E-state index contributed by atoms with van der Waals surface area (Å²) in [6.07, 6.45) is 0.693. The third-order valence-corrected chi connectivity index (χ3v) is 3.17. The van der Waals surface area contributed by atoms with E-state index in [1.165, 1.54) is 0 Å². The molecule has 0 heterocycles. The summed E-state index contributed by atoms with van der Waals surface area (Å²) in [5.41, 5.74) is 7.36. The summed E-state index contributed by atoms with van der Waals surface area (Å²) in [6.45, 7) is 6.60. The Morgan fingerprint density at radius 3 is 2.58 bits per heavy atom. The molecule has 1 unspecified atom stereocenters. The molecule has 0 fully saturated rings. The number of hydrogen-bond acceptors (Lipinski definition) is 3. The van der Waals surface area contributed by atoms with Crippen LogP contribution in [0.15, 0.2) is 18.2 Å². The molecule has 3 N–H and O–H groups in total. The molecule has 0 saturated carbocycles. The first-order valence-corrected chi connectivity index (χ1v) is 6.68. The SMILES string of the molecule is COc1ccc(NC(=O)C(C)CCN)cc1C(C)C. The molecule has 1 atom stereocenters. The molecule has 1 aromatic rings. The summed E-state index contributed by atoms with van der Waals surface area (Å²) in [5.74, 6) is 1.12. The Bertz CT molecular complexity index is 430. The van der Waals surface area contributed by atoms with Crippen LogP contribution < -0.4 is 15.8 Å². The Labute approximate surface area is 115 Å². The highest BCUT2D eigenvalue weighted by molar-refractivity contribution is 5.92. The van der Waals surface area contributed by atoms with Crippen molar-refractivity contribution in [1.82, 2.24) is 0 Å². The molecule has 0 saturated heterocycles. The molecule has 0 aliphatic carbocycles. The van der Waals surface area contributed by atoms with Gasteiger partial charge in [0.2, 0.25) is 5.91 Å². The summed E-state index contributed by atoms with van der Waals surface area (Å²) < 4.78 is 5.32. The minimum absolute atomic E-state index is 0.00493. The lowest BCUT2D eigenvalue weighted by molar-refractivity contribution is -0.119. The van der Waals surface area contributed by atoms with Gasteiger partial charge in [0.25, 0.3) is 0 Å². The molecule has 0 aromatic heterocycles. The third kappa shape index (κ3) is 4.24. The van der Waals surface area contributed by atoms with Crippen LogP contribution in [-0.2, 0) is 4.79 Å². The van der Waals surface area contributed by atoms with E-state index in [1.807, 2.05) is 25.1 Å². The standard InChI is InChI=1S/C15H24N2O2/c1-10(2)13-9-12(5-6-14(13)19-4)17-15(18)11(3)7-8-16/h5-6,9-11H,7-8,16H2,1-4H3,(H,17,18). The number of carbonyl (C=O) groups is 1. The summed E-state index contributed by atoms with van der Waals surface area (Å²) in [6, 6.07) is 5.72. The first-order chi connectivity index (χ1) is 8.99. The van der Waals surface area contributed by atoms with Crippen LogP contribution in [0.25, 0.3) is 0 Å². The number of amides is 1. The normalized spacial score (nSPS) is 12.3. The van der Waals surface area contributed by atoms with Gasteiger partial charge in [0.15, 0.2) is 0 Å². The first kappa shape index (κ1) is 15.5. The van der Waals surface area contributed by atoms with Crippen LogP contribution in [-0.4, -0.2) is 19.6 Å². The second kappa shape index (κ2) is 7.14. The first-order valence-electron chi connectivity index (χ1n) is 6.68. The number of carbonyl (C=O) groups excluding carboxylic acids is 1. The van der Waals surface area contributed by atoms with E-state index in [2.05, 4.69) is 19.2 Å². The fourth-order valence-corrected chi connectivity index (χ4v) is 1.91. The second-order valence-corrected chi connectivity index (χ2v) is 5.08. The van der Waals surface area contributed by atoms with E-state index in [0.29, 0.717) is 18.9 Å². The maximum absolute atomic E-state index is 11.9. The van der Waals surface area contributed by atoms with E-state index >= 15 is 0 Å². The monoisotopic (exact) mass is 264 g/mol. The molecule has 4 heteroatoms. The maximum Gasteiger partial charge on any atom is 0.227 e. The lowest BCUT2D eigenvalue weighted by Gasteiger charge is -2.15. The predicted octanol–water partition coefficient (Wildman–Crippen LogP) is 2.74. The molecule has 19 heavy (non-hydrogen) atoms. The summed E-state index contributed by atoms with van der Waals surface area (Å²) in [7, 11) is 1.66. The fraction of sp³-hybridized carbons (Fsp3) is 0.533. The van der Waals surface area contributed by atoms with Gasteiger partial charge < -0.3 is 15.8 Å². The largest absolute Gasteiger partial charge is 0.496 e. The van der Waals surface area contributed by atoms with Gasteiger partial charge in [-0.25, -0.2) is 0 Å². The lowest BCUT2D eigenvalue weighted by Crippen LogP contribution is -2.22. The van der Waals surface area contributed by atoms with Crippen molar-refractivity contribution in [3.05, 3.63) is 23.8 Å². The van der Waals surface area contributed by atoms with E-state index in [0.717, 1.165) is 17.0 Å². The smallest absolute Gasteiger partial charge is 0.227 e. The zero-order chi connectivity index (χ0) is 14.4. The van der Waals surface area contributed by atoms with Crippen LogP contribution >= 0.6 is 0 Å². The molecule has 1 rings (SSSR count). The van der Waals surface area contributed by atoms with Crippen LogP contribution in [0.4, 0.5) is 5.69 Å². The molecule has 4 nitrogen and oxygen atoms in total. The topological polar surface area (TPSA) is 64.3 Å². The van der Waals surface area contributed by atoms with Crippen molar-refractivity contribution in [3.8, 4) is 5.75 Å². The highest BCUT2D eigenvalue weighted by atomic mass is 16.5. The quantitative estimate of drug-likeness (QED) is 0.830. The second-order valence-electron chi connectivity index (χ2n) is 5.08. The predicted molar refractivity (Wildman–Crippen MR) is 78.5 cm³/mol. The molecule has 1 aromatic carbocycles. The highest BCUT2D eigenvalue weighted by Crippen LogP contribution is 2.29. The molecular formula is C15H24N2O2. The van der Waals surface area contributed by atoms with Crippen molar-refractivity contribution in [2.24, 2.45) is 11.7 Å². The van der Waals surface area contributed by atoms with Crippen LogP contribution in [0.2, 0.25) is 0 Å². The Kier molecular flexibility index (Phi) is 5.83. The minimum atomic E-state index is -0.0744. The van der Waals surface area contributed by atoms with Crippen molar-refractivity contribution in [1.29, 1.82) is 0 Å². The van der Waals surface area contributed by atoms with E-state index in [4.69, 9.17) is 10.5 Å². The van der Waals surface area contributed by atoms with Gasteiger partial charge in [0, 0.05) is 11.6 Å². The summed E-state index contributed by atoms with van der Waals surface area (Å²) in [4.78, 5) is 11.9. The summed E-state index contributed by atoms with van der Waals surface area (Å²) in [5, 5.41) is 2.92. The van der Waals surface area contributed by atoms with E-state index in [9.17, 15) is 4.79 Å². The van der Waals surface area contributed by atoms with Crippen LogP contribution in [0, 0.1) is 5.92 Å². The molecular weight excluding hydrogens is 240 g/mol. The average molecular weight is 264 g/mol. The number of anilines is 1. The number of nitrogens with two attached hydrogens (primary N) is 1. The van der Waals surface area contributed by atoms with Gasteiger partial charge in [-0.3, -0.25) is 4.79 Å². The molecule has 0 bridgehead atoms. The number of ether oxygens (including phenoxy) is 1. The lowest BCUT2D eigenvalue weighted by atomic mass is 10.0. The van der Waals surface area contributed by atoms with Gasteiger partial charge >= 0.3 is 0 Å². The molecule has 0 radical (unpaired) electrons. The molecule has 0 aliphatic heterocycles. The van der Waals surface area contributed by atoms with E-state index < -0.39 is 0 Å². The van der Waals surface area contributed by atoms with Crippen molar-refractivity contribution < 1.29 is 9.53 Å². The van der Waals surface area contributed by atoms with Crippen LogP contribution in [0.3, 0.4) is 0 Å². The number of benzene rings is 1. The van der Waals surface area contributed by atoms with Gasteiger partial charge in [-0.2, -0.15) is 0 Å². The number of methoxy groups -OCH3 is 1. The maximum atomic E-state index is 11.9. The summed E-state index contributed by atoms with van der Waals surface area (Å²) >= 11 is 0. The van der Waals surface area contributed by atoms with Gasteiger partial charge in [0.1, 0.15) is 5.75 Å². The van der Waals surface area contributed by atoms with E-state index in [1.54, 1.807) is 7.11 Å². The van der Waals surface area contributed by atoms with E-state index in [-0.39, 0.29) is 11.8 Å². The van der Waals surface area contributed by atoms with Gasteiger partial charge in [-0.15, -0.1) is 0 Å². The fourth-order valence-electron chi connectivity index (χ4n) is 1.91. The number of hydrogen-bond donors (Lipinski definition) is 2. The van der Waals surface area contributed by atoms with Crippen molar-refractivity contribution in [2.45, 2.75) is 33.1 Å². The van der Waals surface area contributed by atoms with Gasteiger partial charge in [0.05, 0.1) is 7.11 Å². The van der Waals surface area contributed by atoms with Crippen molar-refractivity contribution >= 4 is 11.6 Å². The zero-order valence-electron chi connectivity index (χ0n) is 12.2. The van der Waals surface area contributed by atoms with Gasteiger partial charge in [-0.05, 0) is 42.6 Å². The molecule has 106 valence electrons. The number of rotatable bonds is 6. The Hall–Kier alpha value is -1.55. The highest BCUT2D eigenvalue weighted by Gasteiger charge is 2.14. The Morgan fingerprint density at radius 2 is 2.05 bits per heavy atom. The van der Waals surface area contributed by atoms with Crippen molar-refractivity contribution in [2.75, 3.05) is 19.0 Å². The van der Waals surface area contributed by atoms with Crippen LogP contribution in [0.5, 0.6) is 5.75 Å². The zero-order valence-corrected chi connectivity index (χ0v) is 12.2. The van der Waals surface area contributed by atoms with Gasteiger partial charge in [-0.1, -0.05) is 20.8 Å². The van der Waals surface area contributed by atoms with Crippen LogP contribution in [0.1, 0.15) is 38.7 Å². The Morgan fingerprint density at radius 1 is 1.37 bits per heavy atom. The Balaban J connectivity index is 2.85. The minimum Gasteiger partial charge on any atom is -0.496 e. The molecule has 1 amide bonds. The van der Waals surface area contributed by atoms with Crippen molar-refractivity contribution in [3.63, 3.8) is 0 Å². The third-order valence-electron chi connectivity index (χ3n) is 3.17. The molecule has 0 spiro atoms. The average Bonchev–Trinajstić information content (AvgIpc) is 2.38.